The fourth-order valence-corrected chi connectivity index (χ4v) is 2.26. The molecule has 1 aliphatic rings. The summed E-state index contributed by atoms with van der Waals surface area (Å²) in [7, 11) is 0. The minimum absolute atomic E-state index is 0.166. The molecule has 0 aromatic rings. The lowest BCUT2D eigenvalue weighted by atomic mass is 10.1. The third-order valence-electron chi connectivity index (χ3n) is 3.23. The maximum Gasteiger partial charge on any atom is 0.234 e. The van der Waals surface area contributed by atoms with Crippen molar-refractivity contribution in [2.24, 2.45) is 11.7 Å². The van der Waals surface area contributed by atoms with Crippen LogP contribution < -0.4 is 11.1 Å². The zero-order valence-electron chi connectivity index (χ0n) is 10.5. The summed E-state index contributed by atoms with van der Waals surface area (Å²) >= 11 is 0. The van der Waals surface area contributed by atoms with E-state index < -0.39 is 0 Å². The van der Waals surface area contributed by atoms with Gasteiger partial charge in [-0.3, -0.25) is 4.79 Å². The van der Waals surface area contributed by atoms with Crippen molar-refractivity contribution in [3.8, 4) is 0 Å². The molecule has 1 saturated heterocycles. The predicted molar refractivity (Wildman–Crippen MR) is 66.1 cm³/mol. The second kappa shape index (κ2) is 6.86. The number of nitrogens with one attached hydrogen (secondary N) is 1. The smallest absolute Gasteiger partial charge is 0.234 e. The van der Waals surface area contributed by atoms with Crippen LogP contribution >= 0.6 is 0 Å². The Kier molecular flexibility index (Phi) is 5.77. The number of likely N-dealkylation sites (tertiary alicyclic amines) is 1. The van der Waals surface area contributed by atoms with Gasteiger partial charge in [-0.15, -0.1) is 0 Å². The highest BCUT2D eigenvalue weighted by atomic mass is 16.1. The number of carbonyl (C=O) groups is 1. The molecule has 1 heterocycles. The summed E-state index contributed by atoms with van der Waals surface area (Å²) in [5, 5.41) is 3.24. The van der Waals surface area contributed by atoms with Crippen molar-refractivity contribution in [1.29, 1.82) is 0 Å². The van der Waals surface area contributed by atoms with Gasteiger partial charge in [0.1, 0.15) is 0 Å². The Balaban J connectivity index is 2.17. The van der Waals surface area contributed by atoms with Crippen LogP contribution in [0.5, 0.6) is 0 Å². The van der Waals surface area contributed by atoms with Crippen LogP contribution in [0.3, 0.4) is 0 Å². The van der Waals surface area contributed by atoms with E-state index in [0.29, 0.717) is 5.92 Å². The van der Waals surface area contributed by atoms with Gasteiger partial charge in [0.05, 0.1) is 6.04 Å². The summed E-state index contributed by atoms with van der Waals surface area (Å²) in [6.45, 7) is 8.67. The molecule has 0 aromatic carbocycles. The Morgan fingerprint density at radius 1 is 1.44 bits per heavy atom. The minimum Gasteiger partial charge on any atom is -0.368 e. The zero-order chi connectivity index (χ0) is 12.0. The van der Waals surface area contributed by atoms with E-state index >= 15 is 0 Å². The summed E-state index contributed by atoms with van der Waals surface area (Å²) in [6.07, 6.45) is 3.43. The molecular formula is C12H25N3O. The Morgan fingerprint density at radius 3 is 2.56 bits per heavy atom. The van der Waals surface area contributed by atoms with E-state index in [1.165, 1.54) is 25.9 Å². The molecule has 16 heavy (non-hydrogen) atoms. The Labute approximate surface area is 98.6 Å². The maximum absolute atomic E-state index is 11.0. The number of rotatable bonds is 7. The second-order valence-electron chi connectivity index (χ2n) is 4.88. The van der Waals surface area contributed by atoms with Gasteiger partial charge in [-0.2, -0.15) is 0 Å². The van der Waals surface area contributed by atoms with Gasteiger partial charge in [0.25, 0.3) is 0 Å². The molecule has 2 atom stereocenters. The summed E-state index contributed by atoms with van der Waals surface area (Å²) < 4.78 is 0. The first kappa shape index (κ1) is 13.5. The molecule has 3 N–H and O–H groups in total. The van der Waals surface area contributed by atoms with Gasteiger partial charge in [-0.1, -0.05) is 13.8 Å². The van der Waals surface area contributed by atoms with Crippen LogP contribution in [0.1, 0.15) is 33.1 Å². The molecule has 0 aromatic heterocycles. The molecule has 1 fully saturated rings. The lowest BCUT2D eigenvalue weighted by Crippen LogP contribution is -2.43. The summed E-state index contributed by atoms with van der Waals surface area (Å²) in [6, 6.07) is -0.166. The molecule has 4 nitrogen and oxygen atoms in total. The average molecular weight is 227 g/mol. The zero-order valence-corrected chi connectivity index (χ0v) is 10.5. The molecule has 0 radical (unpaired) electrons. The van der Waals surface area contributed by atoms with E-state index in [-0.39, 0.29) is 11.9 Å². The van der Waals surface area contributed by atoms with Gasteiger partial charge < -0.3 is 16.0 Å². The minimum atomic E-state index is -0.240. The van der Waals surface area contributed by atoms with E-state index in [2.05, 4.69) is 17.1 Å². The number of hydrogen-bond acceptors (Lipinski definition) is 3. The van der Waals surface area contributed by atoms with Crippen LogP contribution in [-0.4, -0.2) is 43.0 Å². The first-order valence-electron chi connectivity index (χ1n) is 6.38. The van der Waals surface area contributed by atoms with E-state index in [1.807, 2.05) is 6.92 Å². The molecular weight excluding hydrogens is 202 g/mol. The number of nitrogens with zero attached hydrogens (tertiary/aromatic N) is 1. The van der Waals surface area contributed by atoms with E-state index in [0.717, 1.165) is 19.5 Å². The second-order valence-corrected chi connectivity index (χ2v) is 4.88. The van der Waals surface area contributed by atoms with Crippen LogP contribution in [0.4, 0.5) is 0 Å². The SMILES string of the molecule is CCC(NCC(C)CN1CCCC1)C(N)=O. The van der Waals surface area contributed by atoms with E-state index in [1.54, 1.807) is 0 Å². The Morgan fingerprint density at radius 2 is 2.06 bits per heavy atom. The standard InChI is InChI=1S/C12H25N3O/c1-3-11(12(13)16)14-8-10(2)9-15-6-4-5-7-15/h10-11,14H,3-9H2,1-2H3,(H2,13,16). The average Bonchev–Trinajstić information content (AvgIpc) is 2.70. The van der Waals surface area contributed by atoms with Gasteiger partial charge in [0.2, 0.25) is 5.91 Å². The molecule has 2 unspecified atom stereocenters. The van der Waals surface area contributed by atoms with Crippen molar-refractivity contribution in [3.05, 3.63) is 0 Å². The Bertz CT molecular complexity index is 214. The van der Waals surface area contributed by atoms with Crippen LogP contribution in [0.15, 0.2) is 0 Å². The number of primary amides is 1. The first-order valence-corrected chi connectivity index (χ1v) is 6.38. The molecule has 4 heteroatoms. The maximum atomic E-state index is 11.0. The van der Waals surface area contributed by atoms with Gasteiger partial charge >= 0.3 is 0 Å². The predicted octanol–water partition coefficient (Wildman–Crippen LogP) is 0.572. The molecule has 1 aliphatic heterocycles. The van der Waals surface area contributed by atoms with E-state index in [9.17, 15) is 4.79 Å². The van der Waals surface area contributed by atoms with Crippen LogP contribution in [0.25, 0.3) is 0 Å². The van der Waals surface area contributed by atoms with Gasteiger partial charge in [-0.25, -0.2) is 0 Å². The first-order chi connectivity index (χ1) is 7.63. The molecule has 1 amide bonds. The third kappa shape index (κ3) is 4.49. The number of nitrogens with two attached hydrogens (primary N) is 1. The van der Waals surface area contributed by atoms with Crippen molar-refractivity contribution in [3.63, 3.8) is 0 Å². The van der Waals surface area contributed by atoms with Crippen molar-refractivity contribution >= 4 is 5.91 Å². The van der Waals surface area contributed by atoms with E-state index in [4.69, 9.17) is 5.73 Å². The molecule has 0 spiro atoms. The lowest BCUT2D eigenvalue weighted by Gasteiger charge is -2.22. The molecule has 0 bridgehead atoms. The highest BCUT2D eigenvalue weighted by Crippen LogP contribution is 2.09. The molecule has 0 saturated carbocycles. The third-order valence-corrected chi connectivity index (χ3v) is 3.23. The highest BCUT2D eigenvalue weighted by molar-refractivity contribution is 5.79. The van der Waals surface area contributed by atoms with Crippen molar-refractivity contribution in [1.82, 2.24) is 10.2 Å². The largest absolute Gasteiger partial charge is 0.368 e. The molecule has 0 aliphatic carbocycles. The quantitative estimate of drug-likeness (QED) is 0.668. The Hall–Kier alpha value is -0.610. The topological polar surface area (TPSA) is 58.4 Å². The highest BCUT2D eigenvalue weighted by Gasteiger charge is 2.17. The summed E-state index contributed by atoms with van der Waals surface area (Å²) in [5.74, 6) is 0.336. The fraction of sp³-hybridized carbons (Fsp3) is 0.917. The van der Waals surface area contributed by atoms with Crippen LogP contribution in [0, 0.1) is 5.92 Å². The number of hydrogen-bond donors (Lipinski definition) is 2. The number of amides is 1. The lowest BCUT2D eigenvalue weighted by molar-refractivity contribution is -0.120. The summed E-state index contributed by atoms with van der Waals surface area (Å²) in [4.78, 5) is 13.5. The van der Waals surface area contributed by atoms with Crippen LogP contribution in [0.2, 0.25) is 0 Å². The van der Waals surface area contributed by atoms with Crippen molar-refractivity contribution in [2.75, 3.05) is 26.2 Å². The molecule has 1 rings (SSSR count). The van der Waals surface area contributed by atoms with Gasteiger partial charge in [-0.05, 0) is 44.8 Å². The van der Waals surface area contributed by atoms with Crippen molar-refractivity contribution in [2.45, 2.75) is 39.2 Å². The van der Waals surface area contributed by atoms with Gasteiger partial charge in [0.15, 0.2) is 0 Å². The monoisotopic (exact) mass is 227 g/mol. The summed E-state index contributed by atoms with van der Waals surface area (Å²) in [5.41, 5.74) is 5.29. The van der Waals surface area contributed by atoms with Crippen LogP contribution in [-0.2, 0) is 4.79 Å². The number of carbonyl (C=O) groups excluding carboxylic acids is 1. The van der Waals surface area contributed by atoms with Gasteiger partial charge in [0, 0.05) is 6.54 Å². The molecule has 94 valence electrons. The fourth-order valence-electron chi connectivity index (χ4n) is 2.26. The van der Waals surface area contributed by atoms with Crippen molar-refractivity contribution < 1.29 is 4.79 Å². The normalized spacial score (nSPS) is 20.9.